The molecular formula is C18H23N3O4. The highest BCUT2D eigenvalue weighted by atomic mass is 16.6. The van der Waals surface area contributed by atoms with Gasteiger partial charge in [0.2, 0.25) is 0 Å². The highest BCUT2D eigenvalue weighted by molar-refractivity contribution is 5.65. The van der Waals surface area contributed by atoms with Gasteiger partial charge in [-0.1, -0.05) is 0 Å². The summed E-state index contributed by atoms with van der Waals surface area (Å²) in [5.74, 6) is 2.42. The van der Waals surface area contributed by atoms with Gasteiger partial charge in [-0.3, -0.25) is 20.2 Å². The van der Waals surface area contributed by atoms with E-state index in [9.17, 15) is 20.2 Å². The Morgan fingerprint density at radius 1 is 1.04 bits per heavy atom. The number of nitro benzene ring substituents is 2. The SMILES string of the molecule is C[C@@H](Nc1ccc([N+](=O)[O-])cc1[N+](=O)[O-])C12CC3CC(CC(C3)C1)C2. The molecule has 4 saturated carbocycles. The monoisotopic (exact) mass is 345 g/mol. The maximum Gasteiger partial charge on any atom is 0.299 e. The fraction of sp³-hybridized carbons (Fsp3) is 0.667. The van der Waals surface area contributed by atoms with Crippen LogP contribution in [0.15, 0.2) is 18.2 Å². The van der Waals surface area contributed by atoms with Crippen molar-refractivity contribution in [3.05, 3.63) is 38.4 Å². The minimum Gasteiger partial charge on any atom is -0.376 e. The van der Waals surface area contributed by atoms with Gasteiger partial charge in [-0.25, -0.2) is 0 Å². The summed E-state index contributed by atoms with van der Waals surface area (Å²) < 4.78 is 0. The Morgan fingerprint density at radius 2 is 1.60 bits per heavy atom. The smallest absolute Gasteiger partial charge is 0.299 e. The molecule has 0 spiro atoms. The normalized spacial score (nSPS) is 33.9. The zero-order valence-electron chi connectivity index (χ0n) is 14.3. The summed E-state index contributed by atoms with van der Waals surface area (Å²) >= 11 is 0. The van der Waals surface area contributed by atoms with E-state index < -0.39 is 9.85 Å². The van der Waals surface area contributed by atoms with Crippen LogP contribution in [0.2, 0.25) is 0 Å². The third-order valence-corrected chi connectivity index (χ3v) is 6.77. The van der Waals surface area contributed by atoms with Crippen LogP contribution in [0, 0.1) is 43.4 Å². The lowest BCUT2D eigenvalue weighted by molar-refractivity contribution is -0.393. The molecule has 0 heterocycles. The van der Waals surface area contributed by atoms with Crippen molar-refractivity contribution in [3.63, 3.8) is 0 Å². The Balaban J connectivity index is 1.60. The van der Waals surface area contributed by atoms with E-state index >= 15 is 0 Å². The lowest BCUT2D eigenvalue weighted by atomic mass is 9.48. The summed E-state index contributed by atoms with van der Waals surface area (Å²) in [7, 11) is 0. The first-order chi connectivity index (χ1) is 11.9. The second-order valence-corrected chi connectivity index (χ2v) is 8.36. The second-order valence-electron chi connectivity index (χ2n) is 8.36. The molecule has 4 aliphatic rings. The number of hydrogen-bond donors (Lipinski definition) is 1. The van der Waals surface area contributed by atoms with E-state index in [0.717, 1.165) is 23.8 Å². The third-order valence-electron chi connectivity index (χ3n) is 6.77. The number of nitrogens with zero attached hydrogens (tertiary/aromatic N) is 2. The van der Waals surface area contributed by atoms with E-state index in [4.69, 9.17) is 0 Å². The van der Waals surface area contributed by atoms with E-state index in [1.807, 2.05) is 0 Å². The lowest BCUT2D eigenvalue weighted by Crippen LogP contribution is -2.52. The molecule has 0 aliphatic heterocycles. The molecule has 0 aromatic heterocycles. The molecule has 7 nitrogen and oxygen atoms in total. The molecule has 1 N–H and O–H groups in total. The van der Waals surface area contributed by atoms with Gasteiger partial charge in [-0.2, -0.15) is 0 Å². The predicted molar refractivity (Wildman–Crippen MR) is 93.4 cm³/mol. The van der Waals surface area contributed by atoms with E-state index in [-0.39, 0.29) is 22.8 Å². The molecular weight excluding hydrogens is 322 g/mol. The molecule has 1 atom stereocenters. The van der Waals surface area contributed by atoms with Crippen LogP contribution in [-0.4, -0.2) is 15.9 Å². The second kappa shape index (κ2) is 5.68. The van der Waals surface area contributed by atoms with Crippen molar-refractivity contribution in [1.29, 1.82) is 0 Å². The summed E-state index contributed by atoms with van der Waals surface area (Å²) in [4.78, 5) is 21.1. The Morgan fingerprint density at radius 3 is 2.08 bits per heavy atom. The maximum absolute atomic E-state index is 11.4. The van der Waals surface area contributed by atoms with Crippen molar-refractivity contribution in [1.82, 2.24) is 0 Å². The molecule has 0 unspecified atom stereocenters. The van der Waals surface area contributed by atoms with Crippen molar-refractivity contribution in [2.75, 3.05) is 5.32 Å². The molecule has 0 radical (unpaired) electrons. The average molecular weight is 345 g/mol. The summed E-state index contributed by atoms with van der Waals surface area (Å²) in [6.07, 6.45) is 7.66. The number of nitrogens with one attached hydrogen (secondary N) is 1. The lowest BCUT2D eigenvalue weighted by Gasteiger charge is -2.59. The van der Waals surface area contributed by atoms with Crippen molar-refractivity contribution < 1.29 is 9.85 Å². The van der Waals surface area contributed by atoms with Crippen molar-refractivity contribution in [3.8, 4) is 0 Å². The molecule has 1 aromatic rings. The van der Waals surface area contributed by atoms with E-state index in [0.29, 0.717) is 5.69 Å². The first-order valence-electron chi connectivity index (χ1n) is 9.06. The van der Waals surface area contributed by atoms with E-state index in [1.165, 1.54) is 50.7 Å². The third kappa shape index (κ3) is 2.75. The van der Waals surface area contributed by atoms with Crippen LogP contribution in [0.4, 0.5) is 17.1 Å². The highest BCUT2D eigenvalue weighted by Gasteiger charge is 2.53. The van der Waals surface area contributed by atoms with E-state index in [1.54, 1.807) is 0 Å². The van der Waals surface area contributed by atoms with E-state index in [2.05, 4.69) is 12.2 Å². The van der Waals surface area contributed by atoms with Crippen molar-refractivity contribution in [2.24, 2.45) is 23.2 Å². The van der Waals surface area contributed by atoms with Crippen LogP contribution in [0.25, 0.3) is 0 Å². The maximum atomic E-state index is 11.4. The Bertz CT molecular complexity index is 698. The molecule has 134 valence electrons. The Hall–Kier alpha value is -2.18. The number of nitro groups is 2. The van der Waals surface area contributed by atoms with Crippen LogP contribution < -0.4 is 5.32 Å². The summed E-state index contributed by atoms with van der Waals surface area (Å²) in [6.45, 7) is 2.12. The number of anilines is 1. The van der Waals surface area contributed by atoms with Crippen molar-refractivity contribution in [2.45, 2.75) is 51.5 Å². The molecule has 4 aliphatic carbocycles. The number of non-ortho nitro benzene ring substituents is 1. The zero-order chi connectivity index (χ0) is 17.8. The fourth-order valence-corrected chi connectivity index (χ4v) is 6.00. The Labute approximate surface area is 146 Å². The van der Waals surface area contributed by atoms with Crippen LogP contribution in [-0.2, 0) is 0 Å². The van der Waals surface area contributed by atoms with Crippen LogP contribution in [0.5, 0.6) is 0 Å². The molecule has 7 heteroatoms. The van der Waals surface area contributed by atoms with Crippen LogP contribution in [0.1, 0.15) is 45.4 Å². The van der Waals surface area contributed by atoms with Gasteiger partial charge < -0.3 is 5.32 Å². The zero-order valence-corrected chi connectivity index (χ0v) is 14.3. The topological polar surface area (TPSA) is 98.3 Å². The van der Waals surface area contributed by atoms with Gasteiger partial charge in [0.15, 0.2) is 0 Å². The molecule has 25 heavy (non-hydrogen) atoms. The van der Waals surface area contributed by atoms with Crippen molar-refractivity contribution >= 4 is 17.1 Å². The van der Waals surface area contributed by atoms with Gasteiger partial charge in [-0.05, 0) is 74.7 Å². The number of rotatable bonds is 5. The predicted octanol–water partition coefficient (Wildman–Crippen LogP) is 4.52. The Kier molecular flexibility index (Phi) is 3.70. The highest BCUT2D eigenvalue weighted by Crippen LogP contribution is 2.61. The fourth-order valence-electron chi connectivity index (χ4n) is 6.00. The standard InChI is InChI=1S/C18H23N3O4/c1-11(18-8-12-4-13(9-18)6-14(5-12)10-18)19-16-3-2-15(20(22)23)7-17(16)21(24)25/h2-3,7,11-14,19H,4-6,8-10H2,1H3/t11-,12?,13?,14?,18?/m1/s1. The van der Waals surface area contributed by atoms with Gasteiger partial charge in [0, 0.05) is 12.1 Å². The number of hydrogen-bond acceptors (Lipinski definition) is 5. The summed E-state index contributed by atoms with van der Waals surface area (Å²) in [5, 5.41) is 25.6. The first kappa shape index (κ1) is 16.3. The molecule has 4 bridgehead atoms. The molecule has 5 rings (SSSR count). The van der Waals surface area contributed by atoms with Gasteiger partial charge in [0.05, 0.1) is 15.9 Å². The molecule has 1 aromatic carbocycles. The summed E-state index contributed by atoms with van der Waals surface area (Å²) in [6, 6.07) is 3.99. The molecule has 4 fully saturated rings. The number of benzene rings is 1. The quantitative estimate of drug-likeness (QED) is 0.625. The minimum atomic E-state index is -0.598. The largest absolute Gasteiger partial charge is 0.376 e. The average Bonchev–Trinajstić information content (AvgIpc) is 2.53. The van der Waals surface area contributed by atoms with Crippen LogP contribution >= 0.6 is 0 Å². The summed E-state index contributed by atoms with van der Waals surface area (Å²) in [5.41, 5.74) is 0.133. The first-order valence-corrected chi connectivity index (χ1v) is 9.06. The minimum absolute atomic E-state index is 0.126. The molecule has 0 saturated heterocycles. The van der Waals surface area contributed by atoms with Gasteiger partial charge in [0.25, 0.3) is 11.4 Å². The molecule has 0 amide bonds. The van der Waals surface area contributed by atoms with Crippen LogP contribution in [0.3, 0.4) is 0 Å². The van der Waals surface area contributed by atoms with Gasteiger partial charge in [0.1, 0.15) is 5.69 Å². The van der Waals surface area contributed by atoms with Gasteiger partial charge in [-0.15, -0.1) is 0 Å². The van der Waals surface area contributed by atoms with Gasteiger partial charge >= 0.3 is 0 Å².